The quantitative estimate of drug-likeness (QED) is 0.438. The third-order valence-electron chi connectivity index (χ3n) is 5.45. The van der Waals surface area contributed by atoms with Gasteiger partial charge in [-0.15, -0.1) is 0 Å². The molecule has 192 valence electrons. The van der Waals surface area contributed by atoms with Crippen molar-refractivity contribution in [2.45, 2.75) is 6.92 Å². The first kappa shape index (κ1) is 24.5. The number of rotatable bonds is 7. The SMILES string of the molecule is CCOC1=NC(c2nc3ncc(NS(=O)(=O)N4CCOCC4)nc3n2-c2c(O)cccc2OC)=C=C=C1. The number of hydrogen-bond donors (Lipinski definition) is 2. The van der Waals surface area contributed by atoms with E-state index in [0.29, 0.717) is 31.5 Å². The van der Waals surface area contributed by atoms with Crippen LogP contribution in [-0.2, 0) is 19.7 Å². The van der Waals surface area contributed by atoms with Gasteiger partial charge in [0, 0.05) is 13.1 Å². The number of para-hydroxylation sites is 1. The molecule has 14 heteroatoms. The van der Waals surface area contributed by atoms with Crippen molar-refractivity contribution in [2.24, 2.45) is 4.99 Å². The lowest BCUT2D eigenvalue weighted by atomic mass is 10.2. The Balaban J connectivity index is 1.69. The number of fused-ring (bicyclic) bond motifs is 1. The minimum absolute atomic E-state index is 0.0346. The zero-order valence-corrected chi connectivity index (χ0v) is 20.8. The Bertz CT molecular complexity index is 1590. The molecule has 1 saturated heterocycles. The molecule has 1 fully saturated rings. The summed E-state index contributed by atoms with van der Waals surface area (Å²) in [5, 5.41) is 10.8. The van der Waals surface area contributed by atoms with Crippen LogP contribution in [0.25, 0.3) is 22.7 Å². The number of nitrogens with one attached hydrogen (secondary N) is 1. The van der Waals surface area contributed by atoms with E-state index in [4.69, 9.17) is 14.2 Å². The summed E-state index contributed by atoms with van der Waals surface area (Å²) in [4.78, 5) is 17.8. The van der Waals surface area contributed by atoms with Gasteiger partial charge in [0.2, 0.25) is 5.90 Å². The van der Waals surface area contributed by atoms with Crippen molar-refractivity contribution in [2.75, 3.05) is 44.7 Å². The zero-order chi connectivity index (χ0) is 26.0. The zero-order valence-electron chi connectivity index (χ0n) is 20.0. The number of aromatic hydroxyl groups is 1. The predicted molar refractivity (Wildman–Crippen MR) is 134 cm³/mol. The van der Waals surface area contributed by atoms with E-state index in [9.17, 15) is 13.5 Å². The molecule has 2 aliphatic heterocycles. The highest BCUT2D eigenvalue weighted by atomic mass is 32.2. The fourth-order valence-electron chi connectivity index (χ4n) is 3.82. The highest BCUT2D eigenvalue weighted by Gasteiger charge is 2.27. The van der Waals surface area contributed by atoms with Crippen LogP contribution in [0.5, 0.6) is 11.5 Å². The summed E-state index contributed by atoms with van der Waals surface area (Å²) in [5.41, 5.74) is 6.52. The molecule has 0 aliphatic carbocycles. The molecule has 2 aromatic heterocycles. The molecule has 0 bridgehead atoms. The summed E-state index contributed by atoms with van der Waals surface area (Å²) in [6, 6.07) is 4.76. The van der Waals surface area contributed by atoms with Crippen LogP contribution in [0.3, 0.4) is 0 Å². The van der Waals surface area contributed by atoms with E-state index in [2.05, 4.69) is 36.1 Å². The first-order valence-electron chi connectivity index (χ1n) is 11.3. The first-order chi connectivity index (χ1) is 17.9. The number of ether oxygens (including phenoxy) is 3. The van der Waals surface area contributed by atoms with E-state index in [1.807, 2.05) is 6.92 Å². The molecule has 0 spiro atoms. The second-order valence-electron chi connectivity index (χ2n) is 7.77. The van der Waals surface area contributed by atoms with E-state index in [1.165, 1.54) is 34.3 Å². The Morgan fingerprint density at radius 3 is 2.81 bits per heavy atom. The molecule has 3 aromatic rings. The molecule has 37 heavy (non-hydrogen) atoms. The van der Waals surface area contributed by atoms with Crippen molar-refractivity contribution in [1.82, 2.24) is 23.8 Å². The Hall–Kier alpha value is -4.19. The van der Waals surface area contributed by atoms with Gasteiger partial charge in [0.25, 0.3) is 0 Å². The van der Waals surface area contributed by atoms with Gasteiger partial charge in [-0.1, -0.05) is 11.8 Å². The van der Waals surface area contributed by atoms with Gasteiger partial charge in [-0.25, -0.2) is 19.9 Å². The molecular weight excluding hydrogens is 502 g/mol. The lowest BCUT2D eigenvalue weighted by Crippen LogP contribution is -2.43. The van der Waals surface area contributed by atoms with Crippen molar-refractivity contribution in [3.05, 3.63) is 47.8 Å². The molecule has 4 heterocycles. The Morgan fingerprint density at radius 1 is 1.24 bits per heavy atom. The number of imidazole rings is 1. The number of phenolic OH excluding ortho intramolecular Hbond substituents is 1. The van der Waals surface area contributed by atoms with Crippen molar-refractivity contribution in [3.8, 4) is 17.2 Å². The molecule has 2 N–H and O–H groups in total. The van der Waals surface area contributed by atoms with Gasteiger partial charge < -0.3 is 19.3 Å². The van der Waals surface area contributed by atoms with Crippen molar-refractivity contribution < 1.29 is 27.7 Å². The van der Waals surface area contributed by atoms with Crippen LogP contribution in [-0.4, -0.2) is 83.3 Å². The molecule has 2 aliphatic rings. The number of benzene rings is 1. The van der Waals surface area contributed by atoms with Crippen LogP contribution in [0.15, 0.2) is 46.9 Å². The predicted octanol–water partition coefficient (Wildman–Crippen LogP) is 1.62. The number of phenols is 1. The summed E-state index contributed by atoms with van der Waals surface area (Å²) in [6.07, 6.45) is 2.80. The Kier molecular flexibility index (Phi) is 6.66. The number of morpholine rings is 1. The second-order valence-corrected chi connectivity index (χ2v) is 9.44. The van der Waals surface area contributed by atoms with Gasteiger partial charge in [0.15, 0.2) is 28.6 Å². The first-order valence-corrected chi connectivity index (χ1v) is 12.8. The monoisotopic (exact) mass is 525 g/mol. The van der Waals surface area contributed by atoms with Crippen LogP contribution < -0.4 is 9.46 Å². The molecule has 0 amide bonds. The van der Waals surface area contributed by atoms with Crippen LogP contribution in [0.2, 0.25) is 0 Å². The lowest BCUT2D eigenvalue weighted by Gasteiger charge is -2.25. The highest BCUT2D eigenvalue weighted by molar-refractivity contribution is 7.90. The topological polar surface area (TPSA) is 153 Å². The van der Waals surface area contributed by atoms with Gasteiger partial charge in [-0.05, 0) is 24.8 Å². The summed E-state index contributed by atoms with van der Waals surface area (Å²) in [5.74, 6) is 0.657. The maximum absolute atomic E-state index is 12.9. The van der Waals surface area contributed by atoms with Crippen LogP contribution in [0.4, 0.5) is 5.82 Å². The number of aliphatic imine (C=N–C) groups is 1. The standard InChI is InChI=1S/C23H23N7O6S/c1-3-36-19-9-4-6-15(25-19)22-27-21-23(30(22)20-16(31)7-5-8-17(20)34-2)26-18(14-24-21)28-37(32,33)29-10-12-35-13-11-29/h5,7-9,14,31H,3,10-13H2,1-2H3,(H,26,28). The van der Waals surface area contributed by atoms with Crippen molar-refractivity contribution in [1.29, 1.82) is 0 Å². The number of anilines is 1. The van der Waals surface area contributed by atoms with Gasteiger partial charge in [-0.3, -0.25) is 9.29 Å². The number of hydrogen-bond acceptors (Lipinski definition) is 10. The normalized spacial score (nSPS) is 15.9. The average Bonchev–Trinajstić information content (AvgIpc) is 3.27. The van der Waals surface area contributed by atoms with E-state index < -0.39 is 10.2 Å². The number of aromatic nitrogens is 4. The third-order valence-corrected chi connectivity index (χ3v) is 6.96. The average molecular weight is 526 g/mol. The number of nitrogens with zero attached hydrogens (tertiary/aromatic N) is 6. The number of methoxy groups -OCH3 is 1. The van der Waals surface area contributed by atoms with E-state index in [-0.39, 0.29) is 53.2 Å². The maximum Gasteiger partial charge on any atom is 0.303 e. The van der Waals surface area contributed by atoms with Crippen molar-refractivity contribution >= 4 is 38.9 Å². The molecule has 13 nitrogen and oxygen atoms in total. The van der Waals surface area contributed by atoms with Gasteiger partial charge in [0.05, 0.1) is 39.2 Å². The van der Waals surface area contributed by atoms with E-state index in [1.54, 1.807) is 12.1 Å². The van der Waals surface area contributed by atoms with Crippen LogP contribution in [0, 0.1) is 0 Å². The largest absolute Gasteiger partial charge is 0.506 e. The summed E-state index contributed by atoms with van der Waals surface area (Å²) < 4.78 is 47.2. The molecule has 0 unspecified atom stereocenters. The van der Waals surface area contributed by atoms with Gasteiger partial charge in [-0.2, -0.15) is 12.7 Å². The minimum Gasteiger partial charge on any atom is -0.506 e. The van der Waals surface area contributed by atoms with E-state index >= 15 is 0 Å². The Morgan fingerprint density at radius 2 is 2.05 bits per heavy atom. The van der Waals surface area contributed by atoms with Crippen LogP contribution >= 0.6 is 0 Å². The molecular formula is C23H23N7O6S. The molecule has 0 atom stereocenters. The van der Waals surface area contributed by atoms with E-state index in [0.717, 1.165) is 0 Å². The fraction of sp³-hybridized carbons (Fsp3) is 0.304. The third kappa shape index (κ3) is 4.79. The molecule has 0 radical (unpaired) electrons. The van der Waals surface area contributed by atoms with Crippen molar-refractivity contribution in [3.63, 3.8) is 0 Å². The molecule has 1 aromatic carbocycles. The summed E-state index contributed by atoms with van der Waals surface area (Å²) in [6.45, 7) is 3.26. The molecule has 0 saturated carbocycles. The summed E-state index contributed by atoms with van der Waals surface area (Å²) in [7, 11) is -2.45. The van der Waals surface area contributed by atoms with Crippen LogP contribution in [0.1, 0.15) is 12.7 Å². The highest BCUT2D eigenvalue weighted by Crippen LogP contribution is 2.36. The molecule has 5 rings (SSSR count). The lowest BCUT2D eigenvalue weighted by molar-refractivity contribution is 0.0733. The summed E-state index contributed by atoms with van der Waals surface area (Å²) >= 11 is 0. The maximum atomic E-state index is 12.9. The minimum atomic E-state index is -3.90. The smallest absolute Gasteiger partial charge is 0.303 e. The second kappa shape index (κ2) is 10.1. The van der Waals surface area contributed by atoms with Gasteiger partial charge >= 0.3 is 10.2 Å². The Labute approximate surface area is 212 Å². The fourth-order valence-corrected chi connectivity index (χ4v) is 4.94. The van der Waals surface area contributed by atoms with Gasteiger partial charge in [0.1, 0.15) is 17.2 Å².